The van der Waals surface area contributed by atoms with Crippen LogP contribution < -0.4 is 0 Å². The van der Waals surface area contributed by atoms with Gasteiger partial charge in [0.25, 0.3) is 11.4 Å². The fourth-order valence-electron chi connectivity index (χ4n) is 1.99. The minimum Gasteiger partial charge on any atom is -0.379 e. The lowest BCUT2D eigenvalue weighted by atomic mass is 10.3. The van der Waals surface area contributed by atoms with Gasteiger partial charge in [0.2, 0.25) is 0 Å². The van der Waals surface area contributed by atoms with Crippen LogP contribution in [0.15, 0.2) is 23.1 Å². The monoisotopic (exact) mass is 313 g/mol. The van der Waals surface area contributed by atoms with Crippen molar-refractivity contribution in [1.29, 1.82) is 0 Å². The summed E-state index contributed by atoms with van der Waals surface area (Å²) in [6, 6.07) is 3.75. The van der Waals surface area contributed by atoms with E-state index in [-0.39, 0.29) is 11.4 Å². The Kier molecular flexibility index (Phi) is 5.48. The van der Waals surface area contributed by atoms with E-state index in [2.05, 4.69) is 4.90 Å². The van der Waals surface area contributed by atoms with E-state index in [4.69, 9.17) is 4.74 Å². The highest BCUT2D eigenvalue weighted by atomic mass is 32.2. The van der Waals surface area contributed by atoms with Gasteiger partial charge in [0, 0.05) is 31.5 Å². The molecule has 0 amide bonds. The van der Waals surface area contributed by atoms with Crippen molar-refractivity contribution in [2.75, 3.05) is 38.6 Å². The largest absolute Gasteiger partial charge is 0.379 e. The van der Waals surface area contributed by atoms with E-state index in [9.17, 15) is 20.2 Å². The first-order chi connectivity index (χ1) is 10.1. The molecule has 0 atom stereocenters. The van der Waals surface area contributed by atoms with Gasteiger partial charge in [-0.1, -0.05) is 0 Å². The smallest absolute Gasteiger partial charge is 0.289 e. The van der Waals surface area contributed by atoms with Crippen LogP contribution in [-0.2, 0) is 4.74 Å². The van der Waals surface area contributed by atoms with Crippen LogP contribution in [0.2, 0.25) is 0 Å². The second-order valence-electron chi connectivity index (χ2n) is 4.47. The lowest BCUT2D eigenvalue weighted by Gasteiger charge is -2.26. The molecule has 0 radical (unpaired) electrons. The van der Waals surface area contributed by atoms with E-state index in [0.29, 0.717) is 23.9 Å². The van der Waals surface area contributed by atoms with E-state index >= 15 is 0 Å². The minimum absolute atomic E-state index is 0.212. The van der Waals surface area contributed by atoms with Crippen molar-refractivity contribution in [1.82, 2.24) is 4.90 Å². The predicted molar refractivity (Wildman–Crippen MR) is 77.7 cm³/mol. The zero-order valence-corrected chi connectivity index (χ0v) is 12.1. The summed E-state index contributed by atoms with van der Waals surface area (Å²) < 4.78 is 5.25. The maximum absolute atomic E-state index is 11.0. The van der Waals surface area contributed by atoms with Gasteiger partial charge in [-0.25, -0.2) is 0 Å². The van der Waals surface area contributed by atoms with Crippen molar-refractivity contribution >= 4 is 23.1 Å². The molecule has 21 heavy (non-hydrogen) atoms. The molecule has 0 saturated carbocycles. The Morgan fingerprint density at radius 1 is 1.19 bits per heavy atom. The highest BCUT2D eigenvalue weighted by molar-refractivity contribution is 7.99. The lowest BCUT2D eigenvalue weighted by molar-refractivity contribution is -0.396. The van der Waals surface area contributed by atoms with Crippen molar-refractivity contribution in [2.24, 2.45) is 0 Å². The molecule has 1 fully saturated rings. The SMILES string of the molecule is O=[N+]([O-])c1ccc(SCCN2CCOCC2)c([N+](=O)[O-])c1. The second kappa shape index (κ2) is 7.34. The van der Waals surface area contributed by atoms with E-state index < -0.39 is 9.85 Å². The summed E-state index contributed by atoms with van der Waals surface area (Å²) in [7, 11) is 0. The maximum Gasteiger partial charge on any atom is 0.289 e. The Labute approximate surface area is 125 Å². The third kappa shape index (κ3) is 4.38. The van der Waals surface area contributed by atoms with E-state index in [0.717, 1.165) is 25.7 Å². The average molecular weight is 313 g/mol. The van der Waals surface area contributed by atoms with Crippen LogP contribution in [0.3, 0.4) is 0 Å². The highest BCUT2D eigenvalue weighted by Gasteiger charge is 2.20. The molecule has 0 bridgehead atoms. The number of morpholine rings is 1. The number of thioether (sulfide) groups is 1. The van der Waals surface area contributed by atoms with Gasteiger partial charge in [0.1, 0.15) is 0 Å². The zero-order chi connectivity index (χ0) is 15.2. The summed E-state index contributed by atoms with van der Waals surface area (Å²) in [5.41, 5.74) is -0.476. The number of rotatable bonds is 6. The zero-order valence-electron chi connectivity index (χ0n) is 11.3. The molecule has 0 aliphatic carbocycles. The van der Waals surface area contributed by atoms with Crippen molar-refractivity contribution < 1.29 is 14.6 Å². The highest BCUT2D eigenvalue weighted by Crippen LogP contribution is 2.32. The van der Waals surface area contributed by atoms with Gasteiger partial charge in [-0.05, 0) is 6.07 Å². The summed E-state index contributed by atoms with van der Waals surface area (Å²) in [5, 5.41) is 21.7. The van der Waals surface area contributed by atoms with Gasteiger partial charge in [-0.3, -0.25) is 25.1 Å². The molecular weight excluding hydrogens is 298 g/mol. The summed E-state index contributed by atoms with van der Waals surface area (Å²) in [6.07, 6.45) is 0. The molecule has 1 aromatic carbocycles. The molecule has 1 heterocycles. The van der Waals surface area contributed by atoms with Crippen molar-refractivity contribution in [3.05, 3.63) is 38.4 Å². The normalized spacial score (nSPS) is 15.8. The lowest BCUT2D eigenvalue weighted by Crippen LogP contribution is -2.37. The molecule has 0 unspecified atom stereocenters. The van der Waals surface area contributed by atoms with Crippen LogP contribution >= 0.6 is 11.8 Å². The van der Waals surface area contributed by atoms with Crippen molar-refractivity contribution in [2.45, 2.75) is 4.90 Å². The van der Waals surface area contributed by atoms with Gasteiger partial charge >= 0.3 is 0 Å². The van der Waals surface area contributed by atoms with Crippen LogP contribution in [0.1, 0.15) is 0 Å². The van der Waals surface area contributed by atoms with Crippen LogP contribution in [0.5, 0.6) is 0 Å². The van der Waals surface area contributed by atoms with Gasteiger partial charge in [-0.2, -0.15) is 0 Å². The van der Waals surface area contributed by atoms with Gasteiger partial charge in [-0.15, -0.1) is 11.8 Å². The number of hydrogen-bond donors (Lipinski definition) is 0. The first kappa shape index (κ1) is 15.7. The van der Waals surface area contributed by atoms with Crippen LogP contribution in [0.4, 0.5) is 11.4 Å². The first-order valence-electron chi connectivity index (χ1n) is 6.43. The molecular formula is C12H15N3O5S. The topological polar surface area (TPSA) is 98.8 Å². The molecule has 1 aliphatic heterocycles. The maximum atomic E-state index is 11.0. The molecule has 2 rings (SSSR count). The summed E-state index contributed by atoms with van der Waals surface area (Å²) in [5.74, 6) is 0.693. The van der Waals surface area contributed by atoms with Crippen molar-refractivity contribution in [3.63, 3.8) is 0 Å². The summed E-state index contributed by atoms with van der Waals surface area (Å²) in [6.45, 7) is 3.96. The first-order valence-corrected chi connectivity index (χ1v) is 7.42. The molecule has 1 aliphatic rings. The third-order valence-corrected chi connectivity index (χ3v) is 4.16. The minimum atomic E-state index is -0.630. The van der Waals surface area contributed by atoms with Gasteiger partial charge in [0.15, 0.2) is 0 Å². The molecule has 8 nitrogen and oxygen atoms in total. The standard InChI is InChI=1S/C12H15N3O5S/c16-14(17)10-1-2-12(11(9-10)15(18)19)21-8-5-13-3-6-20-7-4-13/h1-2,9H,3-8H2. The molecule has 1 aromatic rings. The fraction of sp³-hybridized carbons (Fsp3) is 0.500. The summed E-state index contributed by atoms with van der Waals surface area (Å²) in [4.78, 5) is 23.1. The quantitative estimate of drug-likeness (QED) is 0.449. The van der Waals surface area contributed by atoms with E-state index in [1.165, 1.54) is 23.9 Å². The fourth-order valence-corrected chi connectivity index (χ4v) is 3.01. The van der Waals surface area contributed by atoms with E-state index in [1.54, 1.807) is 0 Å². The average Bonchev–Trinajstić information content (AvgIpc) is 2.48. The Balaban J connectivity index is 1.98. The number of non-ortho nitro benzene ring substituents is 1. The molecule has 9 heteroatoms. The third-order valence-electron chi connectivity index (χ3n) is 3.12. The molecule has 1 saturated heterocycles. The molecule has 0 N–H and O–H groups in total. The second-order valence-corrected chi connectivity index (χ2v) is 5.61. The Hall–Kier alpha value is -1.71. The summed E-state index contributed by atoms with van der Waals surface area (Å²) >= 11 is 1.34. The predicted octanol–water partition coefficient (Wildman–Crippen LogP) is 1.93. The van der Waals surface area contributed by atoms with Crippen molar-refractivity contribution in [3.8, 4) is 0 Å². The Bertz CT molecular complexity index is 534. The van der Waals surface area contributed by atoms with Gasteiger partial charge < -0.3 is 4.74 Å². The van der Waals surface area contributed by atoms with Crippen LogP contribution in [0.25, 0.3) is 0 Å². The van der Waals surface area contributed by atoms with E-state index in [1.807, 2.05) is 0 Å². The number of nitro benzene ring substituents is 2. The molecule has 114 valence electrons. The number of nitrogens with zero attached hydrogens (tertiary/aromatic N) is 3. The number of benzene rings is 1. The number of ether oxygens (including phenoxy) is 1. The molecule has 0 aromatic heterocycles. The Morgan fingerprint density at radius 2 is 1.90 bits per heavy atom. The number of nitro groups is 2. The van der Waals surface area contributed by atoms with Gasteiger partial charge in [0.05, 0.1) is 34.0 Å². The number of hydrogen-bond acceptors (Lipinski definition) is 7. The van der Waals surface area contributed by atoms with Crippen LogP contribution in [0, 0.1) is 20.2 Å². The molecule has 0 spiro atoms. The Morgan fingerprint density at radius 3 is 2.52 bits per heavy atom. The van der Waals surface area contributed by atoms with Crippen LogP contribution in [-0.4, -0.2) is 53.3 Å².